The molecule has 0 atom stereocenters. The fraction of sp³-hybridized carbons (Fsp3) is 0.0526. The zero-order valence-electron chi connectivity index (χ0n) is 14.1. The van der Waals surface area contributed by atoms with Crippen LogP contribution in [0.4, 0.5) is 25.8 Å². The van der Waals surface area contributed by atoms with E-state index in [1.807, 2.05) is 0 Å². The van der Waals surface area contributed by atoms with Gasteiger partial charge in [0.1, 0.15) is 23.1 Å². The molecule has 2 aromatic carbocycles. The first-order valence-corrected chi connectivity index (χ1v) is 8.17. The highest BCUT2D eigenvalue weighted by Gasteiger charge is 2.11. The van der Waals surface area contributed by atoms with E-state index >= 15 is 0 Å². The maximum absolute atomic E-state index is 13.6. The van der Waals surface area contributed by atoms with Crippen molar-refractivity contribution in [2.45, 2.75) is 0 Å². The zero-order valence-corrected chi connectivity index (χ0v) is 14.8. The zero-order chi connectivity index (χ0) is 19.4. The average molecular weight is 390 g/mol. The van der Waals surface area contributed by atoms with E-state index in [9.17, 15) is 13.6 Å². The van der Waals surface area contributed by atoms with Crippen molar-refractivity contribution in [3.8, 4) is 5.75 Å². The number of carbonyl (C=O) groups excluding carboxylic acids is 1. The van der Waals surface area contributed by atoms with Crippen LogP contribution in [0.25, 0.3) is 0 Å². The molecule has 3 aromatic rings. The monoisotopic (exact) mass is 389 g/mol. The number of carbonyl (C=O) groups is 1. The van der Waals surface area contributed by atoms with Crippen LogP contribution in [0.3, 0.4) is 0 Å². The lowest BCUT2D eigenvalue weighted by Crippen LogP contribution is -2.14. The van der Waals surface area contributed by atoms with Crippen LogP contribution >= 0.6 is 11.6 Å². The first-order valence-electron chi connectivity index (χ1n) is 7.79. The van der Waals surface area contributed by atoms with Crippen molar-refractivity contribution < 1.29 is 18.3 Å². The van der Waals surface area contributed by atoms with E-state index in [-0.39, 0.29) is 11.4 Å². The van der Waals surface area contributed by atoms with Gasteiger partial charge in [0.15, 0.2) is 0 Å². The summed E-state index contributed by atoms with van der Waals surface area (Å²) in [5.74, 6) is -1.64. The SMILES string of the molecule is COc1ccc(Nc2ccc(C(=O)Nc3ccc(F)cc3F)nc2)cc1Cl. The Morgan fingerprint density at radius 2 is 1.85 bits per heavy atom. The Morgan fingerprint density at radius 3 is 2.48 bits per heavy atom. The Morgan fingerprint density at radius 1 is 1.07 bits per heavy atom. The predicted molar refractivity (Wildman–Crippen MR) is 99.8 cm³/mol. The second-order valence-corrected chi connectivity index (χ2v) is 5.89. The van der Waals surface area contributed by atoms with Crippen LogP contribution < -0.4 is 15.4 Å². The van der Waals surface area contributed by atoms with Gasteiger partial charge < -0.3 is 15.4 Å². The molecular formula is C19H14ClF2N3O2. The van der Waals surface area contributed by atoms with Crippen molar-refractivity contribution in [2.75, 3.05) is 17.7 Å². The van der Waals surface area contributed by atoms with Crippen molar-refractivity contribution in [1.82, 2.24) is 4.98 Å². The van der Waals surface area contributed by atoms with Crippen molar-refractivity contribution in [3.63, 3.8) is 0 Å². The molecule has 3 rings (SSSR count). The highest BCUT2D eigenvalue weighted by Crippen LogP contribution is 2.28. The largest absolute Gasteiger partial charge is 0.495 e. The van der Waals surface area contributed by atoms with E-state index in [1.54, 1.807) is 24.3 Å². The summed E-state index contributed by atoms with van der Waals surface area (Å²) in [4.78, 5) is 16.2. The summed E-state index contributed by atoms with van der Waals surface area (Å²) >= 11 is 6.07. The van der Waals surface area contributed by atoms with Gasteiger partial charge in [-0.25, -0.2) is 13.8 Å². The first kappa shape index (κ1) is 18.6. The van der Waals surface area contributed by atoms with Crippen LogP contribution in [-0.4, -0.2) is 18.0 Å². The van der Waals surface area contributed by atoms with Gasteiger partial charge in [0.05, 0.1) is 29.7 Å². The second kappa shape index (κ2) is 8.01. The number of amides is 1. The van der Waals surface area contributed by atoms with E-state index < -0.39 is 17.5 Å². The summed E-state index contributed by atoms with van der Waals surface area (Å²) in [6, 6.07) is 11.2. The van der Waals surface area contributed by atoms with Gasteiger partial charge in [0.2, 0.25) is 0 Å². The molecule has 0 saturated heterocycles. The number of nitrogens with zero attached hydrogens (tertiary/aromatic N) is 1. The highest BCUT2D eigenvalue weighted by atomic mass is 35.5. The Hall–Kier alpha value is -3.19. The Labute approximate surface area is 159 Å². The molecule has 0 unspecified atom stereocenters. The van der Waals surface area contributed by atoms with E-state index in [0.29, 0.717) is 28.2 Å². The standard InChI is InChI=1S/C19H14ClF2N3O2/c1-27-18-7-4-12(9-14(18)20)24-13-3-6-17(23-10-13)19(26)25-16-5-2-11(21)8-15(16)22/h2-10,24H,1H3,(H,25,26). The molecule has 1 heterocycles. The minimum absolute atomic E-state index is 0.0806. The molecule has 5 nitrogen and oxygen atoms in total. The topological polar surface area (TPSA) is 63.2 Å². The molecule has 0 spiro atoms. The minimum Gasteiger partial charge on any atom is -0.495 e. The van der Waals surface area contributed by atoms with Crippen molar-refractivity contribution in [2.24, 2.45) is 0 Å². The molecule has 2 N–H and O–H groups in total. The Bertz CT molecular complexity index is 981. The third-order valence-electron chi connectivity index (χ3n) is 3.62. The molecule has 8 heteroatoms. The Balaban J connectivity index is 1.69. The van der Waals surface area contributed by atoms with E-state index in [2.05, 4.69) is 15.6 Å². The van der Waals surface area contributed by atoms with Crippen LogP contribution in [0, 0.1) is 11.6 Å². The number of ether oxygens (including phenoxy) is 1. The van der Waals surface area contributed by atoms with Crippen molar-refractivity contribution >= 4 is 34.6 Å². The number of methoxy groups -OCH3 is 1. The third kappa shape index (κ3) is 4.51. The summed E-state index contributed by atoms with van der Waals surface area (Å²) in [7, 11) is 1.53. The van der Waals surface area contributed by atoms with Crippen LogP contribution in [0.15, 0.2) is 54.7 Å². The number of pyridine rings is 1. The lowest BCUT2D eigenvalue weighted by molar-refractivity contribution is 0.102. The summed E-state index contributed by atoms with van der Waals surface area (Å²) in [5.41, 5.74) is 1.30. The summed E-state index contributed by atoms with van der Waals surface area (Å²) in [6.07, 6.45) is 1.45. The molecule has 0 fully saturated rings. The van der Waals surface area contributed by atoms with Crippen LogP contribution in [0.2, 0.25) is 5.02 Å². The number of halogens is 3. The number of anilines is 3. The van der Waals surface area contributed by atoms with Crippen molar-refractivity contribution in [3.05, 3.63) is 77.1 Å². The molecule has 1 aromatic heterocycles. The van der Waals surface area contributed by atoms with Crippen LogP contribution in [-0.2, 0) is 0 Å². The predicted octanol–water partition coefficient (Wildman–Crippen LogP) is 5.02. The number of benzene rings is 2. The molecule has 27 heavy (non-hydrogen) atoms. The highest BCUT2D eigenvalue weighted by molar-refractivity contribution is 6.32. The summed E-state index contributed by atoms with van der Waals surface area (Å²) in [5, 5.41) is 5.89. The minimum atomic E-state index is -0.863. The number of rotatable bonds is 5. The summed E-state index contributed by atoms with van der Waals surface area (Å²) < 4.78 is 31.6. The summed E-state index contributed by atoms with van der Waals surface area (Å²) in [6.45, 7) is 0. The van der Waals surface area contributed by atoms with Gasteiger partial charge >= 0.3 is 0 Å². The fourth-order valence-corrected chi connectivity index (χ4v) is 2.55. The maximum atomic E-state index is 13.6. The molecule has 0 radical (unpaired) electrons. The second-order valence-electron chi connectivity index (χ2n) is 5.48. The average Bonchev–Trinajstić information content (AvgIpc) is 2.65. The number of hydrogen-bond donors (Lipinski definition) is 2. The molecule has 138 valence electrons. The number of nitrogens with one attached hydrogen (secondary N) is 2. The number of hydrogen-bond acceptors (Lipinski definition) is 4. The maximum Gasteiger partial charge on any atom is 0.274 e. The van der Waals surface area contributed by atoms with E-state index in [0.717, 1.165) is 12.1 Å². The van der Waals surface area contributed by atoms with Gasteiger partial charge in [-0.15, -0.1) is 0 Å². The lowest BCUT2D eigenvalue weighted by Gasteiger charge is -2.10. The molecule has 0 aliphatic carbocycles. The molecule has 0 saturated carbocycles. The van der Waals surface area contributed by atoms with Crippen molar-refractivity contribution in [1.29, 1.82) is 0 Å². The van der Waals surface area contributed by atoms with Crippen LogP contribution in [0.5, 0.6) is 5.75 Å². The van der Waals surface area contributed by atoms with Crippen LogP contribution in [0.1, 0.15) is 10.5 Å². The van der Waals surface area contributed by atoms with E-state index in [1.165, 1.54) is 19.4 Å². The third-order valence-corrected chi connectivity index (χ3v) is 3.91. The molecular weight excluding hydrogens is 376 g/mol. The van der Waals surface area contributed by atoms with Gasteiger partial charge in [0.25, 0.3) is 5.91 Å². The molecule has 0 aliphatic heterocycles. The molecule has 0 aliphatic rings. The van der Waals surface area contributed by atoms with Gasteiger partial charge in [-0.05, 0) is 42.5 Å². The van der Waals surface area contributed by atoms with Gasteiger partial charge in [0, 0.05) is 11.8 Å². The molecule has 1 amide bonds. The fourth-order valence-electron chi connectivity index (χ4n) is 2.29. The smallest absolute Gasteiger partial charge is 0.274 e. The number of aromatic nitrogens is 1. The van der Waals surface area contributed by atoms with Gasteiger partial charge in [-0.3, -0.25) is 4.79 Å². The molecule has 0 bridgehead atoms. The Kier molecular flexibility index (Phi) is 5.52. The quantitative estimate of drug-likeness (QED) is 0.643. The van der Waals surface area contributed by atoms with Gasteiger partial charge in [-0.1, -0.05) is 11.6 Å². The van der Waals surface area contributed by atoms with Gasteiger partial charge in [-0.2, -0.15) is 0 Å². The van der Waals surface area contributed by atoms with E-state index in [4.69, 9.17) is 16.3 Å². The first-order chi connectivity index (χ1) is 13.0. The lowest BCUT2D eigenvalue weighted by atomic mass is 10.2. The normalized spacial score (nSPS) is 10.4.